The Hall–Kier alpha value is -2.04. The van der Waals surface area contributed by atoms with Gasteiger partial charge in [-0.05, 0) is 18.4 Å². The Bertz CT molecular complexity index is 727. The van der Waals surface area contributed by atoms with E-state index in [-0.39, 0.29) is 5.91 Å². The van der Waals surface area contributed by atoms with Crippen molar-refractivity contribution in [3.05, 3.63) is 35.9 Å². The van der Waals surface area contributed by atoms with Crippen LogP contribution in [0.15, 0.2) is 35.5 Å². The molecule has 1 saturated heterocycles. The molecule has 1 aliphatic heterocycles. The lowest BCUT2D eigenvalue weighted by Gasteiger charge is -2.33. The molecule has 118 valence electrons. The molecule has 1 fully saturated rings. The van der Waals surface area contributed by atoms with Crippen LogP contribution in [-0.2, 0) is 4.79 Å². The molecule has 7 heteroatoms. The molecule has 0 radical (unpaired) electrons. The van der Waals surface area contributed by atoms with E-state index in [4.69, 9.17) is 0 Å². The Labute approximate surface area is 143 Å². The van der Waals surface area contributed by atoms with Gasteiger partial charge in [-0.3, -0.25) is 4.79 Å². The van der Waals surface area contributed by atoms with Gasteiger partial charge in [0.1, 0.15) is 0 Å². The highest BCUT2D eigenvalue weighted by atomic mass is 32.2. The standard InChI is InChI=1S/C16H16N4OS2/c1-22-15-17-16(23-18-15)20-11-9-19(10-12-20)14(21)8-7-13-5-3-2-4-6-13/h2-6H,9-12H2,1H3. The van der Waals surface area contributed by atoms with E-state index >= 15 is 0 Å². The first-order valence-corrected chi connectivity index (χ1v) is 9.24. The molecule has 1 amide bonds. The number of rotatable bonds is 2. The predicted molar refractivity (Wildman–Crippen MR) is 93.8 cm³/mol. The minimum absolute atomic E-state index is 0.115. The summed E-state index contributed by atoms with van der Waals surface area (Å²) in [6.45, 7) is 2.86. The second kappa shape index (κ2) is 7.49. The normalized spacial score (nSPS) is 14.3. The van der Waals surface area contributed by atoms with Gasteiger partial charge in [0, 0.05) is 49.2 Å². The van der Waals surface area contributed by atoms with Gasteiger partial charge in [0.25, 0.3) is 5.91 Å². The predicted octanol–water partition coefficient (Wildman–Crippen LogP) is 1.96. The lowest BCUT2D eigenvalue weighted by atomic mass is 10.2. The van der Waals surface area contributed by atoms with Crippen LogP contribution >= 0.6 is 23.3 Å². The van der Waals surface area contributed by atoms with Gasteiger partial charge in [-0.1, -0.05) is 35.9 Å². The van der Waals surface area contributed by atoms with Crippen molar-refractivity contribution in [3.63, 3.8) is 0 Å². The zero-order chi connectivity index (χ0) is 16.1. The molecule has 1 aromatic heterocycles. The van der Waals surface area contributed by atoms with Crippen molar-refractivity contribution in [2.24, 2.45) is 0 Å². The van der Waals surface area contributed by atoms with Crippen molar-refractivity contribution >= 4 is 34.3 Å². The number of aromatic nitrogens is 2. The maximum atomic E-state index is 12.2. The Kier molecular flexibility index (Phi) is 5.16. The third-order valence-corrected chi connectivity index (χ3v) is 4.94. The molecule has 0 saturated carbocycles. The summed E-state index contributed by atoms with van der Waals surface area (Å²) in [5, 5.41) is 1.73. The molecule has 1 aliphatic rings. The van der Waals surface area contributed by atoms with E-state index in [0.717, 1.165) is 28.9 Å². The maximum absolute atomic E-state index is 12.2. The van der Waals surface area contributed by atoms with Crippen molar-refractivity contribution in [1.82, 2.24) is 14.3 Å². The Morgan fingerprint density at radius 3 is 2.61 bits per heavy atom. The Morgan fingerprint density at radius 2 is 1.96 bits per heavy atom. The van der Waals surface area contributed by atoms with E-state index in [9.17, 15) is 4.79 Å². The van der Waals surface area contributed by atoms with E-state index in [1.165, 1.54) is 11.5 Å². The average Bonchev–Trinajstić information content (AvgIpc) is 3.10. The number of amides is 1. The highest BCUT2D eigenvalue weighted by molar-refractivity contribution is 7.98. The number of thioether (sulfide) groups is 1. The third kappa shape index (κ3) is 4.03. The van der Waals surface area contributed by atoms with Gasteiger partial charge in [-0.2, -0.15) is 9.36 Å². The van der Waals surface area contributed by atoms with Crippen molar-refractivity contribution in [2.45, 2.75) is 5.16 Å². The molecule has 0 spiro atoms. The first-order valence-electron chi connectivity index (χ1n) is 7.25. The summed E-state index contributed by atoms with van der Waals surface area (Å²) in [6.07, 6.45) is 1.97. The summed E-state index contributed by atoms with van der Waals surface area (Å²) in [5.74, 6) is 5.53. The lowest BCUT2D eigenvalue weighted by molar-refractivity contribution is -0.125. The van der Waals surface area contributed by atoms with Gasteiger partial charge >= 0.3 is 0 Å². The summed E-state index contributed by atoms with van der Waals surface area (Å²) in [7, 11) is 0. The quantitative estimate of drug-likeness (QED) is 0.616. The molecule has 0 bridgehead atoms. The number of hydrogen-bond acceptors (Lipinski definition) is 6. The molecular weight excluding hydrogens is 328 g/mol. The molecular formula is C16H16N4OS2. The maximum Gasteiger partial charge on any atom is 0.298 e. The molecule has 23 heavy (non-hydrogen) atoms. The van der Waals surface area contributed by atoms with Crippen LogP contribution < -0.4 is 4.90 Å². The fraction of sp³-hybridized carbons (Fsp3) is 0.312. The summed E-state index contributed by atoms with van der Waals surface area (Å²) in [5.41, 5.74) is 0.859. The first kappa shape index (κ1) is 15.8. The largest absolute Gasteiger partial charge is 0.343 e. The number of piperazine rings is 1. The van der Waals surface area contributed by atoms with Crippen LogP contribution in [0, 0.1) is 11.8 Å². The fourth-order valence-corrected chi connectivity index (χ4v) is 3.51. The summed E-state index contributed by atoms with van der Waals surface area (Å²) in [6, 6.07) is 9.56. The van der Waals surface area contributed by atoms with Crippen LogP contribution in [0.25, 0.3) is 0 Å². The molecule has 2 aromatic rings. The number of carbonyl (C=O) groups is 1. The fourth-order valence-electron chi connectivity index (χ4n) is 2.24. The van der Waals surface area contributed by atoms with Crippen LogP contribution in [0.5, 0.6) is 0 Å². The highest BCUT2D eigenvalue weighted by Gasteiger charge is 2.22. The summed E-state index contributed by atoms with van der Waals surface area (Å²) < 4.78 is 4.28. The topological polar surface area (TPSA) is 49.3 Å². The number of nitrogens with zero attached hydrogens (tertiary/aromatic N) is 4. The molecule has 3 rings (SSSR count). The van der Waals surface area contributed by atoms with Crippen LogP contribution in [0.2, 0.25) is 0 Å². The highest BCUT2D eigenvalue weighted by Crippen LogP contribution is 2.22. The second-order valence-corrected chi connectivity index (χ2v) is 6.46. The minimum atomic E-state index is -0.115. The lowest BCUT2D eigenvalue weighted by Crippen LogP contribution is -2.48. The first-order chi connectivity index (χ1) is 11.3. The van der Waals surface area contributed by atoms with E-state index in [1.54, 1.807) is 16.7 Å². The van der Waals surface area contributed by atoms with Crippen molar-refractivity contribution in [1.29, 1.82) is 0 Å². The minimum Gasteiger partial charge on any atom is -0.343 e. The number of hydrogen-bond donors (Lipinski definition) is 0. The SMILES string of the molecule is CSc1nsc(N2CCN(C(=O)C#Cc3ccccc3)CC2)n1. The van der Waals surface area contributed by atoms with Gasteiger partial charge in [0.05, 0.1) is 0 Å². The third-order valence-electron chi connectivity index (χ3n) is 3.50. The second-order valence-electron chi connectivity index (χ2n) is 4.96. The van der Waals surface area contributed by atoms with Gasteiger partial charge in [-0.15, -0.1) is 0 Å². The summed E-state index contributed by atoms with van der Waals surface area (Å²) in [4.78, 5) is 20.6. The van der Waals surface area contributed by atoms with E-state index in [0.29, 0.717) is 13.1 Å². The molecule has 2 heterocycles. The molecule has 0 N–H and O–H groups in total. The van der Waals surface area contributed by atoms with E-state index in [2.05, 4.69) is 26.1 Å². The molecule has 0 unspecified atom stereocenters. The number of benzene rings is 1. The zero-order valence-corrected chi connectivity index (χ0v) is 14.4. The van der Waals surface area contributed by atoms with Gasteiger partial charge < -0.3 is 9.80 Å². The van der Waals surface area contributed by atoms with Crippen LogP contribution in [0.4, 0.5) is 5.13 Å². The molecule has 0 aliphatic carbocycles. The monoisotopic (exact) mass is 344 g/mol. The van der Waals surface area contributed by atoms with Crippen molar-refractivity contribution in [2.75, 3.05) is 37.3 Å². The molecule has 1 aromatic carbocycles. The number of anilines is 1. The van der Waals surface area contributed by atoms with Crippen LogP contribution in [0.1, 0.15) is 5.56 Å². The Balaban J connectivity index is 1.56. The van der Waals surface area contributed by atoms with Crippen LogP contribution in [0.3, 0.4) is 0 Å². The van der Waals surface area contributed by atoms with Gasteiger partial charge in [-0.25, -0.2) is 0 Å². The average molecular weight is 344 g/mol. The molecule has 0 atom stereocenters. The van der Waals surface area contributed by atoms with Crippen molar-refractivity contribution < 1.29 is 4.79 Å². The zero-order valence-electron chi connectivity index (χ0n) is 12.7. The van der Waals surface area contributed by atoms with Gasteiger partial charge in [0.2, 0.25) is 10.3 Å². The van der Waals surface area contributed by atoms with Gasteiger partial charge in [0.15, 0.2) is 0 Å². The summed E-state index contributed by atoms with van der Waals surface area (Å²) >= 11 is 2.95. The van der Waals surface area contributed by atoms with Crippen LogP contribution in [-0.4, -0.2) is 52.6 Å². The number of carbonyl (C=O) groups excluding carboxylic acids is 1. The smallest absolute Gasteiger partial charge is 0.298 e. The van der Waals surface area contributed by atoms with E-state index in [1.807, 2.05) is 36.6 Å². The van der Waals surface area contributed by atoms with E-state index < -0.39 is 0 Å². The van der Waals surface area contributed by atoms with Crippen molar-refractivity contribution in [3.8, 4) is 11.8 Å². The Morgan fingerprint density at radius 1 is 1.22 bits per heavy atom. The molecule has 5 nitrogen and oxygen atoms in total.